The minimum atomic E-state index is -4.16. The van der Waals surface area contributed by atoms with Gasteiger partial charge in [-0.1, -0.05) is 6.58 Å². The molecule has 0 aromatic rings. The number of terminal acetylenes is 1. The molecule has 0 fully saturated rings. The summed E-state index contributed by atoms with van der Waals surface area (Å²) < 4.78 is 11.1. The van der Waals surface area contributed by atoms with E-state index in [0.717, 1.165) is 0 Å². The van der Waals surface area contributed by atoms with Gasteiger partial charge in [-0.15, -0.1) is 6.42 Å². The molecule has 2 N–H and O–H groups in total. The van der Waals surface area contributed by atoms with E-state index in [9.17, 15) is 4.57 Å². The van der Waals surface area contributed by atoms with Gasteiger partial charge in [0.2, 0.25) is 0 Å². The van der Waals surface area contributed by atoms with Crippen LogP contribution in [0.5, 0.6) is 0 Å². The molecule has 0 aromatic heterocycles. The summed E-state index contributed by atoms with van der Waals surface area (Å²) in [7, 11) is -0.571. The molecule has 5 heteroatoms. The Kier molecular flexibility index (Phi) is 3.89. The Hall–Kier alpha value is -0.590. The fourth-order valence-electron chi connectivity index (χ4n) is 0.889. The zero-order valence-electron chi connectivity index (χ0n) is 7.90. The molecule has 0 aliphatic heterocycles. The van der Waals surface area contributed by atoms with Crippen LogP contribution in [0.4, 0.5) is 0 Å². The highest BCUT2D eigenvalue weighted by molar-refractivity contribution is 7.56. The SMILES string of the molecule is C#CC[N+](C)(C)CC(=C)P(=O)(O)O. The monoisotopic (exact) mass is 204 g/mol. The van der Waals surface area contributed by atoms with E-state index in [0.29, 0.717) is 11.0 Å². The first-order chi connectivity index (χ1) is 5.69. The molecule has 0 heterocycles. The van der Waals surface area contributed by atoms with E-state index in [1.165, 1.54) is 0 Å². The molecule has 0 radical (unpaired) electrons. The molecule has 0 spiro atoms. The third-order valence-electron chi connectivity index (χ3n) is 1.54. The molecular formula is C8H15NO3P+. The Labute approximate surface area is 78.6 Å². The lowest BCUT2D eigenvalue weighted by molar-refractivity contribution is -0.877. The fraction of sp³-hybridized carbons (Fsp3) is 0.500. The molecule has 0 saturated carbocycles. The Balaban J connectivity index is 4.39. The lowest BCUT2D eigenvalue weighted by atomic mass is 10.4. The predicted molar refractivity (Wildman–Crippen MR) is 51.9 cm³/mol. The Bertz CT molecular complexity index is 284. The van der Waals surface area contributed by atoms with Gasteiger partial charge in [0, 0.05) is 0 Å². The van der Waals surface area contributed by atoms with Gasteiger partial charge in [0.25, 0.3) is 0 Å². The highest BCUT2D eigenvalue weighted by Gasteiger charge is 2.26. The summed E-state index contributed by atoms with van der Waals surface area (Å²) in [5.41, 5.74) is 0. The summed E-state index contributed by atoms with van der Waals surface area (Å²) in [5.74, 6) is 2.44. The summed E-state index contributed by atoms with van der Waals surface area (Å²) in [5, 5.41) is -0.0762. The van der Waals surface area contributed by atoms with Gasteiger partial charge >= 0.3 is 7.60 Å². The van der Waals surface area contributed by atoms with Crippen LogP contribution >= 0.6 is 7.60 Å². The van der Waals surface area contributed by atoms with Crippen LogP contribution < -0.4 is 0 Å². The van der Waals surface area contributed by atoms with Crippen LogP contribution in [-0.4, -0.2) is 41.5 Å². The number of rotatable bonds is 4. The van der Waals surface area contributed by atoms with E-state index >= 15 is 0 Å². The summed E-state index contributed by atoms with van der Waals surface area (Å²) in [6.07, 6.45) is 5.11. The van der Waals surface area contributed by atoms with Crippen LogP contribution in [0.15, 0.2) is 11.9 Å². The van der Waals surface area contributed by atoms with Crippen LogP contribution in [0, 0.1) is 12.3 Å². The molecular weight excluding hydrogens is 189 g/mol. The van der Waals surface area contributed by atoms with Crippen molar-refractivity contribution >= 4 is 7.60 Å². The topological polar surface area (TPSA) is 57.5 Å². The van der Waals surface area contributed by atoms with Crippen molar-refractivity contribution in [3.8, 4) is 12.3 Å². The van der Waals surface area contributed by atoms with Crippen LogP contribution in [0.1, 0.15) is 0 Å². The molecule has 13 heavy (non-hydrogen) atoms. The number of hydrogen-bond donors (Lipinski definition) is 2. The number of nitrogens with zero attached hydrogens (tertiary/aromatic N) is 1. The van der Waals surface area contributed by atoms with Crippen molar-refractivity contribution in [2.75, 3.05) is 27.2 Å². The highest BCUT2D eigenvalue weighted by atomic mass is 31.2. The average Bonchev–Trinajstić information content (AvgIpc) is 1.83. The van der Waals surface area contributed by atoms with Crippen molar-refractivity contribution in [1.82, 2.24) is 0 Å². The van der Waals surface area contributed by atoms with Gasteiger partial charge in [-0.2, -0.15) is 0 Å². The van der Waals surface area contributed by atoms with Crippen molar-refractivity contribution in [1.29, 1.82) is 0 Å². The lowest BCUT2D eigenvalue weighted by Gasteiger charge is -2.28. The van der Waals surface area contributed by atoms with Crippen molar-refractivity contribution in [2.45, 2.75) is 0 Å². The van der Waals surface area contributed by atoms with Crippen LogP contribution in [0.3, 0.4) is 0 Å². The fourth-order valence-corrected chi connectivity index (χ4v) is 1.46. The molecule has 0 bridgehead atoms. The number of likely N-dealkylation sites (N-methyl/N-ethyl adjacent to an activating group) is 1. The summed E-state index contributed by atoms with van der Waals surface area (Å²) >= 11 is 0. The quantitative estimate of drug-likeness (QED) is 0.395. The smallest absolute Gasteiger partial charge is 0.321 e. The zero-order chi connectivity index (χ0) is 10.7. The maximum absolute atomic E-state index is 10.7. The maximum Gasteiger partial charge on any atom is 0.357 e. The Morgan fingerprint density at radius 3 is 2.38 bits per heavy atom. The Morgan fingerprint density at radius 1 is 1.62 bits per heavy atom. The number of hydrogen-bond acceptors (Lipinski definition) is 1. The molecule has 0 aromatic carbocycles. The van der Waals surface area contributed by atoms with Gasteiger partial charge in [-0.05, 0) is 5.92 Å². The first kappa shape index (κ1) is 12.4. The summed E-state index contributed by atoms with van der Waals surface area (Å²) in [6.45, 7) is 3.95. The van der Waals surface area contributed by atoms with E-state index < -0.39 is 7.60 Å². The van der Waals surface area contributed by atoms with E-state index in [1.54, 1.807) is 14.1 Å². The molecule has 4 nitrogen and oxygen atoms in total. The first-order valence-electron chi connectivity index (χ1n) is 3.68. The van der Waals surface area contributed by atoms with E-state index in [4.69, 9.17) is 16.2 Å². The van der Waals surface area contributed by atoms with Gasteiger partial charge in [0.1, 0.15) is 13.1 Å². The van der Waals surface area contributed by atoms with Crippen molar-refractivity contribution in [3.63, 3.8) is 0 Å². The Morgan fingerprint density at radius 2 is 2.08 bits per heavy atom. The van der Waals surface area contributed by atoms with E-state index in [-0.39, 0.29) is 11.9 Å². The molecule has 0 unspecified atom stereocenters. The van der Waals surface area contributed by atoms with Gasteiger partial charge < -0.3 is 14.3 Å². The second-order valence-electron chi connectivity index (χ2n) is 3.57. The molecule has 0 aliphatic carbocycles. The summed E-state index contributed by atoms with van der Waals surface area (Å²) in [4.78, 5) is 17.5. The van der Waals surface area contributed by atoms with Gasteiger partial charge in [0.15, 0.2) is 0 Å². The van der Waals surface area contributed by atoms with Crippen molar-refractivity contribution < 1.29 is 18.8 Å². The van der Waals surface area contributed by atoms with Crippen LogP contribution in [0.25, 0.3) is 0 Å². The van der Waals surface area contributed by atoms with Crippen molar-refractivity contribution in [2.24, 2.45) is 0 Å². The highest BCUT2D eigenvalue weighted by Crippen LogP contribution is 2.44. The molecule has 0 aliphatic rings. The van der Waals surface area contributed by atoms with Crippen molar-refractivity contribution in [3.05, 3.63) is 11.9 Å². The largest absolute Gasteiger partial charge is 0.357 e. The summed E-state index contributed by atoms with van der Waals surface area (Å²) in [6, 6.07) is 0. The minimum absolute atomic E-state index is 0.0762. The predicted octanol–water partition coefficient (Wildman–Crippen LogP) is 0.387. The molecule has 0 atom stereocenters. The van der Waals surface area contributed by atoms with E-state index in [1.807, 2.05) is 0 Å². The van der Waals surface area contributed by atoms with Crippen LogP contribution in [-0.2, 0) is 4.57 Å². The molecule has 0 rings (SSSR count). The molecule has 74 valence electrons. The number of quaternary nitrogens is 1. The second kappa shape index (κ2) is 4.08. The van der Waals surface area contributed by atoms with E-state index in [2.05, 4.69) is 12.5 Å². The molecule has 0 amide bonds. The van der Waals surface area contributed by atoms with Gasteiger partial charge in [-0.25, -0.2) is 0 Å². The third kappa shape index (κ3) is 4.87. The second-order valence-corrected chi connectivity index (χ2v) is 5.29. The third-order valence-corrected chi connectivity index (χ3v) is 2.51. The lowest BCUT2D eigenvalue weighted by Crippen LogP contribution is -2.41. The zero-order valence-corrected chi connectivity index (χ0v) is 8.79. The molecule has 0 saturated heterocycles. The van der Waals surface area contributed by atoms with Crippen LogP contribution in [0.2, 0.25) is 0 Å². The standard InChI is InChI=1S/C8H14NO3P/c1-5-6-9(3,4)7-8(2)13(10,11)12/h1H,2,6-7H2,3-4H3,(H-,10,11,12)/p+1. The average molecular weight is 204 g/mol. The minimum Gasteiger partial charge on any atom is -0.321 e. The van der Waals surface area contributed by atoms with Gasteiger partial charge in [0.05, 0.1) is 19.4 Å². The first-order valence-corrected chi connectivity index (χ1v) is 5.29. The maximum atomic E-state index is 10.7. The van der Waals surface area contributed by atoms with Gasteiger partial charge in [-0.3, -0.25) is 4.57 Å². The normalized spacial score (nSPS) is 12.2.